The van der Waals surface area contributed by atoms with Crippen molar-refractivity contribution in [3.63, 3.8) is 0 Å². The van der Waals surface area contributed by atoms with Crippen molar-refractivity contribution < 1.29 is 14.4 Å². The van der Waals surface area contributed by atoms with Crippen LogP contribution in [0.1, 0.15) is 44.5 Å². The Morgan fingerprint density at radius 1 is 0.833 bits per heavy atom. The molecule has 2 rings (SSSR count). The second kappa shape index (κ2) is 10.8. The van der Waals surface area contributed by atoms with Gasteiger partial charge in [-0.3, -0.25) is 14.4 Å². The lowest BCUT2D eigenvalue weighted by Crippen LogP contribution is -2.47. The normalized spacial score (nSPS) is 11.8. The van der Waals surface area contributed by atoms with Crippen LogP contribution in [0.3, 0.4) is 0 Å². The van der Waals surface area contributed by atoms with E-state index < -0.39 is 6.04 Å². The second-order valence-electron chi connectivity index (χ2n) is 7.91. The van der Waals surface area contributed by atoms with Crippen LogP contribution < -0.4 is 16.0 Å². The molecule has 0 bridgehead atoms. The smallest absolute Gasteiger partial charge is 0.251 e. The van der Waals surface area contributed by atoms with E-state index in [4.69, 9.17) is 11.6 Å². The number of benzene rings is 2. The molecule has 0 aliphatic rings. The summed E-state index contributed by atoms with van der Waals surface area (Å²) in [4.78, 5) is 37.1. The third-order valence-corrected chi connectivity index (χ3v) is 4.62. The molecule has 30 heavy (non-hydrogen) atoms. The summed E-state index contributed by atoms with van der Waals surface area (Å²) < 4.78 is 0. The number of hydrogen-bond donors (Lipinski definition) is 3. The monoisotopic (exact) mass is 429 g/mol. The molecule has 0 saturated carbocycles. The van der Waals surface area contributed by atoms with Crippen LogP contribution in [-0.4, -0.2) is 23.8 Å². The highest BCUT2D eigenvalue weighted by Gasteiger charge is 2.24. The quantitative estimate of drug-likeness (QED) is 0.567. The van der Waals surface area contributed by atoms with Crippen molar-refractivity contribution in [1.29, 1.82) is 0 Å². The van der Waals surface area contributed by atoms with Crippen molar-refractivity contribution in [2.24, 2.45) is 11.8 Å². The lowest BCUT2D eigenvalue weighted by molar-refractivity contribution is -0.119. The average molecular weight is 430 g/mol. The van der Waals surface area contributed by atoms with Crippen LogP contribution in [-0.2, 0) is 9.59 Å². The predicted octanol–water partition coefficient (Wildman–Crippen LogP) is 4.72. The van der Waals surface area contributed by atoms with Crippen LogP contribution >= 0.6 is 11.6 Å². The molecule has 0 fully saturated rings. The zero-order chi connectivity index (χ0) is 22.3. The molecule has 2 aromatic rings. The SMILES string of the molecule is CC(C)CC(=O)Nc1ccc(NC(=O)C(NC(=O)c2ccc(Cl)cc2)C(C)C)cc1. The van der Waals surface area contributed by atoms with Crippen molar-refractivity contribution >= 4 is 40.7 Å². The summed E-state index contributed by atoms with van der Waals surface area (Å²) in [5.74, 6) is -0.547. The van der Waals surface area contributed by atoms with Crippen LogP contribution in [0, 0.1) is 11.8 Å². The topological polar surface area (TPSA) is 87.3 Å². The molecule has 0 aromatic heterocycles. The van der Waals surface area contributed by atoms with Gasteiger partial charge in [0.1, 0.15) is 6.04 Å². The number of rotatable bonds is 8. The molecule has 6 nitrogen and oxygen atoms in total. The number of hydrogen-bond acceptors (Lipinski definition) is 3. The van der Waals surface area contributed by atoms with E-state index in [9.17, 15) is 14.4 Å². The molecule has 160 valence electrons. The van der Waals surface area contributed by atoms with E-state index in [0.717, 1.165) is 0 Å². The van der Waals surface area contributed by atoms with Crippen molar-refractivity contribution in [1.82, 2.24) is 5.32 Å². The molecule has 0 heterocycles. The summed E-state index contributed by atoms with van der Waals surface area (Å²) in [6.45, 7) is 7.68. The lowest BCUT2D eigenvalue weighted by Gasteiger charge is -2.22. The van der Waals surface area contributed by atoms with Gasteiger partial charge in [0.25, 0.3) is 5.91 Å². The van der Waals surface area contributed by atoms with Crippen LogP contribution in [0.2, 0.25) is 5.02 Å². The van der Waals surface area contributed by atoms with Crippen LogP contribution in [0.25, 0.3) is 0 Å². The van der Waals surface area contributed by atoms with E-state index in [2.05, 4.69) is 16.0 Å². The molecular weight excluding hydrogens is 402 g/mol. The Morgan fingerprint density at radius 3 is 1.87 bits per heavy atom. The van der Waals surface area contributed by atoms with Gasteiger partial charge in [-0.1, -0.05) is 39.3 Å². The Balaban J connectivity index is 1.99. The van der Waals surface area contributed by atoms with Crippen LogP contribution in [0.15, 0.2) is 48.5 Å². The number of carbonyl (C=O) groups excluding carboxylic acids is 3. The average Bonchev–Trinajstić information content (AvgIpc) is 2.67. The van der Waals surface area contributed by atoms with Gasteiger partial charge in [0.2, 0.25) is 11.8 Å². The molecular formula is C23H28ClN3O3. The third kappa shape index (κ3) is 7.19. The van der Waals surface area contributed by atoms with Gasteiger partial charge in [-0.05, 0) is 60.4 Å². The van der Waals surface area contributed by atoms with Gasteiger partial charge in [-0.15, -0.1) is 0 Å². The highest BCUT2D eigenvalue weighted by molar-refractivity contribution is 6.30. The minimum Gasteiger partial charge on any atom is -0.340 e. The summed E-state index contributed by atoms with van der Waals surface area (Å²) in [7, 11) is 0. The largest absolute Gasteiger partial charge is 0.340 e. The summed E-state index contributed by atoms with van der Waals surface area (Å²) in [6.07, 6.45) is 0.446. The van der Waals surface area contributed by atoms with Crippen molar-refractivity contribution in [3.05, 3.63) is 59.1 Å². The van der Waals surface area contributed by atoms with E-state index in [1.165, 1.54) is 0 Å². The molecule has 0 radical (unpaired) electrons. The molecule has 0 aliphatic carbocycles. The van der Waals surface area contributed by atoms with E-state index in [1.807, 2.05) is 27.7 Å². The maximum Gasteiger partial charge on any atom is 0.251 e. The molecule has 0 spiro atoms. The summed E-state index contributed by atoms with van der Waals surface area (Å²) in [6, 6.07) is 12.6. The van der Waals surface area contributed by atoms with Gasteiger partial charge < -0.3 is 16.0 Å². The Labute approximate surface area is 182 Å². The van der Waals surface area contributed by atoms with Gasteiger partial charge >= 0.3 is 0 Å². The molecule has 0 aliphatic heterocycles. The van der Waals surface area contributed by atoms with E-state index in [1.54, 1.807) is 48.5 Å². The fraction of sp³-hybridized carbons (Fsp3) is 0.348. The Kier molecular flexibility index (Phi) is 8.42. The zero-order valence-electron chi connectivity index (χ0n) is 17.7. The van der Waals surface area contributed by atoms with E-state index >= 15 is 0 Å². The summed E-state index contributed by atoms with van der Waals surface area (Å²) in [5, 5.41) is 8.95. The number of amides is 3. The maximum atomic E-state index is 12.7. The first-order chi connectivity index (χ1) is 14.2. The second-order valence-corrected chi connectivity index (χ2v) is 8.35. The van der Waals surface area contributed by atoms with Crippen LogP contribution in [0.4, 0.5) is 11.4 Å². The third-order valence-electron chi connectivity index (χ3n) is 4.37. The number of nitrogens with one attached hydrogen (secondary N) is 3. The van der Waals surface area contributed by atoms with Gasteiger partial charge in [0, 0.05) is 28.4 Å². The molecule has 2 aromatic carbocycles. The Hall–Kier alpha value is -2.86. The van der Waals surface area contributed by atoms with Crippen LogP contribution in [0.5, 0.6) is 0 Å². The van der Waals surface area contributed by atoms with Gasteiger partial charge in [-0.25, -0.2) is 0 Å². The molecule has 3 amide bonds. The van der Waals surface area contributed by atoms with Gasteiger partial charge in [0.15, 0.2) is 0 Å². The Morgan fingerprint density at radius 2 is 1.37 bits per heavy atom. The van der Waals surface area contributed by atoms with Gasteiger partial charge in [0.05, 0.1) is 0 Å². The molecule has 1 atom stereocenters. The summed E-state index contributed by atoms with van der Waals surface area (Å²) in [5.41, 5.74) is 1.67. The van der Waals surface area contributed by atoms with Crippen molar-refractivity contribution in [2.75, 3.05) is 10.6 Å². The number of halogens is 1. The van der Waals surface area contributed by atoms with E-state index in [-0.39, 0.29) is 29.6 Å². The first-order valence-corrected chi connectivity index (χ1v) is 10.3. The fourth-order valence-corrected chi connectivity index (χ4v) is 2.93. The number of anilines is 2. The zero-order valence-corrected chi connectivity index (χ0v) is 18.4. The highest BCUT2D eigenvalue weighted by Crippen LogP contribution is 2.16. The van der Waals surface area contributed by atoms with E-state index in [0.29, 0.717) is 28.4 Å². The van der Waals surface area contributed by atoms with Crippen molar-refractivity contribution in [2.45, 2.75) is 40.2 Å². The molecule has 3 N–H and O–H groups in total. The standard InChI is InChI=1S/C23H28ClN3O3/c1-14(2)13-20(28)25-18-9-11-19(12-10-18)26-23(30)21(15(3)4)27-22(29)16-5-7-17(24)8-6-16/h5-12,14-15,21H,13H2,1-4H3,(H,25,28)(H,26,30)(H,27,29). The van der Waals surface area contributed by atoms with Crippen molar-refractivity contribution in [3.8, 4) is 0 Å². The minimum absolute atomic E-state index is 0.0495. The fourth-order valence-electron chi connectivity index (χ4n) is 2.80. The first kappa shape index (κ1) is 23.4. The molecule has 7 heteroatoms. The lowest BCUT2D eigenvalue weighted by atomic mass is 10.0. The molecule has 0 saturated heterocycles. The predicted molar refractivity (Wildman–Crippen MR) is 121 cm³/mol. The van der Waals surface area contributed by atoms with Gasteiger partial charge in [-0.2, -0.15) is 0 Å². The summed E-state index contributed by atoms with van der Waals surface area (Å²) >= 11 is 5.86. The number of carbonyl (C=O) groups is 3. The minimum atomic E-state index is -0.710. The highest BCUT2D eigenvalue weighted by atomic mass is 35.5. The molecule has 1 unspecified atom stereocenters. The maximum absolute atomic E-state index is 12.7. The Bertz CT molecular complexity index is 878. The first-order valence-electron chi connectivity index (χ1n) is 9.93.